The van der Waals surface area contributed by atoms with E-state index in [4.69, 9.17) is 4.74 Å². The fourth-order valence-electron chi connectivity index (χ4n) is 3.19. The van der Waals surface area contributed by atoms with E-state index >= 15 is 0 Å². The number of methoxy groups -OCH3 is 1. The van der Waals surface area contributed by atoms with Crippen molar-refractivity contribution in [2.75, 3.05) is 7.11 Å². The molecule has 0 saturated heterocycles. The van der Waals surface area contributed by atoms with E-state index in [1.807, 2.05) is 36.6 Å². The highest BCUT2D eigenvalue weighted by molar-refractivity contribution is 7.09. The molecule has 0 fully saturated rings. The Kier molecular flexibility index (Phi) is 5.51. The molecule has 7 heteroatoms. The van der Waals surface area contributed by atoms with Gasteiger partial charge in [0, 0.05) is 29.7 Å². The van der Waals surface area contributed by atoms with Crippen molar-refractivity contribution in [2.24, 2.45) is 5.10 Å². The molecule has 0 amide bonds. The minimum Gasteiger partial charge on any atom is -0.356 e. The molecular weight excluding hydrogens is 392 g/mol. The third-order valence-corrected chi connectivity index (χ3v) is 5.31. The van der Waals surface area contributed by atoms with Crippen molar-refractivity contribution in [3.05, 3.63) is 87.8 Å². The Morgan fingerprint density at radius 1 is 1.10 bits per heavy atom. The van der Waals surface area contributed by atoms with Crippen LogP contribution >= 0.6 is 11.3 Å². The van der Waals surface area contributed by atoms with E-state index in [1.54, 1.807) is 29.5 Å². The molecular formula is C22H19F2N3OS. The summed E-state index contributed by atoms with van der Waals surface area (Å²) in [6.45, 7) is 2.45. The summed E-state index contributed by atoms with van der Waals surface area (Å²) in [6.07, 6.45) is 3.16. The number of aromatic nitrogens is 1. The van der Waals surface area contributed by atoms with E-state index in [0.29, 0.717) is 17.8 Å². The summed E-state index contributed by atoms with van der Waals surface area (Å²) in [4.78, 5) is 4.54. The molecule has 1 unspecified atom stereocenters. The fraction of sp³-hybridized carbons (Fsp3) is 0.182. The average Bonchev–Trinajstić information content (AvgIpc) is 3.14. The molecule has 2 heterocycles. The Labute approximate surface area is 171 Å². The second-order valence-corrected chi connectivity index (χ2v) is 7.74. The van der Waals surface area contributed by atoms with Crippen LogP contribution in [-0.2, 0) is 11.3 Å². The second kappa shape index (κ2) is 8.23. The first-order valence-corrected chi connectivity index (χ1v) is 9.94. The second-order valence-electron chi connectivity index (χ2n) is 6.68. The van der Waals surface area contributed by atoms with Crippen LogP contribution in [0, 0.1) is 18.6 Å². The van der Waals surface area contributed by atoms with Crippen molar-refractivity contribution < 1.29 is 13.5 Å². The van der Waals surface area contributed by atoms with Gasteiger partial charge in [0.1, 0.15) is 11.6 Å². The van der Waals surface area contributed by atoms with Gasteiger partial charge >= 0.3 is 0 Å². The molecule has 0 spiro atoms. The highest BCUT2D eigenvalue weighted by atomic mass is 32.1. The molecule has 0 saturated carbocycles. The van der Waals surface area contributed by atoms with E-state index in [-0.39, 0.29) is 6.23 Å². The number of ether oxygens (including phenoxy) is 1. The zero-order chi connectivity index (χ0) is 20.4. The lowest BCUT2D eigenvalue weighted by molar-refractivity contribution is -0.00307. The van der Waals surface area contributed by atoms with Gasteiger partial charge in [0.2, 0.25) is 0 Å². The minimum atomic E-state index is -0.636. The summed E-state index contributed by atoms with van der Waals surface area (Å²) < 4.78 is 32.7. The van der Waals surface area contributed by atoms with Crippen LogP contribution in [0.5, 0.6) is 0 Å². The molecule has 4 nitrogen and oxygen atoms in total. The number of hydrogen-bond acceptors (Lipinski definition) is 5. The predicted molar refractivity (Wildman–Crippen MR) is 111 cm³/mol. The predicted octanol–water partition coefficient (Wildman–Crippen LogP) is 5.15. The number of benzene rings is 2. The van der Waals surface area contributed by atoms with Gasteiger partial charge in [0.15, 0.2) is 6.23 Å². The van der Waals surface area contributed by atoms with Gasteiger partial charge in [-0.2, -0.15) is 5.10 Å². The first-order chi connectivity index (χ1) is 14.0. The molecule has 29 heavy (non-hydrogen) atoms. The number of aryl methyl sites for hydroxylation is 1. The standard InChI is InChI=1S/C22H19F2N3OS/c1-14-25-21(13-29-14)16-5-3-4-15(8-16)12-27-22(28-2)7-6-20(26-27)17-9-18(23)11-19(24)10-17/h3-11,13,22H,12H2,1-2H3. The van der Waals surface area contributed by atoms with Gasteiger partial charge in [-0.15, -0.1) is 11.3 Å². The Hall–Kier alpha value is -2.90. The maximum Gasteiger partial charge on any atom is 0.165 e. The SMILES string of the molecule is COC1C=CC(c2cc(F)cc(F)c2)=NN1Cc1cccc(-c2csc(C)n2)c1. The normalized spacial score (nSPS) is 16.2. The van der Waals surface area contributed by atoms with Crippen LogP contribution < -0.4 is 0 Å². The zero-order valence-electron chi connectivity index (χ0n) is 16.0. The van der Waals surface area contributed by atoms with Crippen molar-refractivity contribution in [1.82, 2.24) is 9.99 Å². The Bertz CT molecular complexity index is 1070. The topological polar surface area (TPSA) is 37.7 Å². The molecule has 4 rings (SSSR count). The number of halogens is 2. The van der Waals surface area contributed by atoms with Crippen LogP contribution in [0.1, 0.15) is 16.1 Å². The van der Waals surface area contributed by atoms with Crippen LogP contribution in [0.2, 0.25) is 0 Å². The van der Waals surface area contributed by atoms with Crippen LogP contribution in [0.4, 0.5) is 8.78 Å². The van der Waals surface area contributed by atoms with Gasteiger partial charge in [0.05, 0.1) is 23.0 Å². The van der Waals surface area contributed by atoms with Crippen molar-refractivity contribution >= 4 is 17.0 Å². The monoisotopic (exact) mass is 411 g/mol. The van der Waals surface area contributed by atoms with Gasteiger partial charge in [-0.1, -0.05) is 18.2 Å². The largest absolute Gasteiger partial charge is 0.356 e. The van der Waals surface area contributed by atoms with Crippen molar-refractivity contribution in [1.29, 1.82) is 0 Å². The first kappa shape index (κ1) is 19.4. The Morgan fingerprint density at radius 3 is 2.59 bits per heavy atom. The number of hydrogen-bond donors (Lipinski definition) is 0. The molecule has 0 radical (unpaired) electrons. The lowest BCUT2D eigenvalue weighted by Gasteiger charge is -2.29. The van der Waals surface area contributed by atoms with Crippen LogP contribution in [0.15, 0.2) is 65.1 Å². The Balaban J connectivity index is 1.62. The molecule has 148 valence electrons. The minimum absolute atomic E-state index is 0.373. The molecule has 0 bridgehead atoms. The van der Waals surface area contributed by atoms with E-state index in [2.05, 4.69) is 16.2 Å². The summed E-state index contributed by atoms with van der Waals surface area (Å²) in [5, 5.41) is 9.38. The summed E-state index contributed by atoms with van der Waals surface area (Å²) in [6, 6.07) is 11.4. The maximum atomic E-state index is 13.6. The fourth-order valence-corrected chi connectivity index (χ4v) is 3.82. The number of allylic oxidation sites excluding steroid dienone is 1. The number of hydrazone groups is 1. The molecule has 1 aromatic heterocycles. The van der Waals surface area contributed by atoms with Gasteiger partial charge in [-0.05, 0) is 42.8 Å². The van der Waals surface area contributed by atoms with Gasteiger partial charge < -0.3 is 4.74 Å². The first-order valence-electron chi connectivity index (χ1n) is 9.06. The van der Waals surface area contributed by atoms with Gasteiger partial charge in [-0.25, -0.2) is 13.8 Å². The quantitative estimate of drug-likeness (QED) is 0.583. The lowest BCUT2D eigenvalue weighted by atomic mass is 10.1. The van der Waals surface area contributed by atoms with E-state index in [0.717, 1.165) is 27.9 Å². The molecule has 0 N–H and O–H groups in total. The maximum absolute atomic E-state index is 13.6. The third-order valence-electron chi connectivity index (χ3n) is 4.53. The lowest BCUT2D eigenvalue weighted by Crippen LogP contribution is -2.34. The van der Waals surface area contributed by atoms with E-state index in [1.165, 1.54) is 12.1 Å². The summed E-state index contributed by atoms with van der Waals surface area (Å²) in [5.41, 5.74) is 3.85. The van der Waals surface area contributed by atoms with Crippen LogP contribution in [0.3, 0.4) is 0 Å². The van der Waals surface area contributed by atoms with Crippen LogP contribution in [-0.4, -0.2) is 29.0 Å². The Morgan fingerprint density at radius 2 is 1.90 bits per heavy atom. The molecule has 1 aliphatic rings. The molecule has 0 aliphatic carbocycles. The van der Waals surface area contributed by atoms with Crippen molar-refractivity contribution in [3.8, 4) is 11.3 Å². The highest BCUT2D eigenvalue weighted by Crippen LogP contribution is 2.24. The highest BCUT2D eigenvalue weighted by Gasteiger charge is 2.20. The summed E-state index contributed by atoms with van der Waals surface area (Å²) in [7, 11) is 1.60. The number of nitrogens with zero attached hydrogens (tertiary/aromatic N) is 3. The van der Waals surface area contributed by atoms with Gasteiger partial charge in [-0.3, -0.25) is 5.01 Å². The van der Waals surface area contributed by atoms with Crippen molar-refractivity contribution in [2.45, 2.75) is 19.7 Å². The van der Waals surface area contributed by atoms with Crippen LogP contribution in [0.25, 0.3) is 11.3 Å². The molecule has 3 aromatic rings. The van der Waals surface area contributed by atoms with E-state index < -0.39 is 11.6 Å². The van der Waals surface area contributed by atoms with Gasteiger partial charge in [0.25, 0.3) is 0 Å². The van der Waals surface area contributed by atoms with E-state index in [9.17, 15) is 8.78 Å². The zero-order valence-corrected chi connectivity index (χ0v) is 16.8. The third kappa shape index (κ3) is 4.41. The molecule has 1 aliphatic heterocycles. The average molecular weight is 411 g/mol. The molecule has 1 atom stereocenters. The summed E-state index contributed by atoms with van der Waals surface area (Å²) >= 11 is 1.61. The summed E-state index contributed by atoms with van der Waals surface area (Å²) in [5.74, 6) is -1.27. The molecule has 2 aromatic carbocycles. The smallest absolute Gasteiger partial charge is 0.165 e. The number of thiazole rings is 1. The van der Waals surface area contributed by atoms with Crippen molar-refractivity contribution in [3.63, 3.8) is 0 Å². The number of rotatable bonds is 5.